The number of hydrogen-bond donors (Lipinski definition) is 4. The number of benzene rings is 3. The minimum atomic E-state index is -3.93. The first-order chi connectivity index (χ1) is 18.9. The lowest BCUT2D eigenvalue weighted by Gasteiger charge is -2.26. The second-order valence-corrected chi connectivity index (χ2v) is 12.6. The smallest absolute Gasteiger partial charge is 0.257 e. The summed E-state index contributed by atoms with van der Waals surface area (Å²) in [5.41, 5.74) is 1.49. The molecule has 1 unspecified atom stereocenters. The van der Waals surface area contributed by atoms with Crippen molar-refractivity contribution in [3.05, 3.63) is 94.5 Å². The van der Waals surface area contributed by atoms with Crippen LogP contribution in [0.1, 0.15) is 31.7 Å². The Morgan fingerprint density at radius 3 is 2.59 bits per heavy atom. The molecule has 2 amide bonds. The highest BCUT2D eigenvalue weighted by Crippen LogP contribution is 2.37. The van der Waals surface area contributed by atoms with Crippen LogP contribution in [0.25, 0.3) is 0 Å². The van der Waals surface area contributed by atoms with E-state index >= 15 is 0 Å². The quantitative estimate of drug-likeness (QED) is 0.346. The molecular weight excluding hydrogens is 536 g/mol. The highest BCUT2D eigenvalue weighted by atomic mass is 32.2. The maximum Gasteiger partial charge on any atom is 0.257 e. The molecule has 6 rings (SSSR count). The van der Waals surface area contributed by atoms with Gasteiger partial charge in [0.15, 0.2) is 0 Å². The fourth-order valence-corrected chi connectivity index (χ4v) is 7.15. The normalized spacial score (nSPS) is 19.3. The van der Waals surface area contributed by atoms with E-state index in [9.17, 15) is 18.0 Å². The van der Waals surface area contributed by atoms with Gasteiger partial charge >= 0.3 is 0 Å². The Labute approximate surface area is 230 Å². The zero-order chi connectivity index (χ0) is 27.0. The van der Waals surface area contributed by atoms with Gasteiger partial charge < -0.3 is 26.0 Å². The molecule has 3 heterocycles. The third-order valence-corrected chi connectivity index (χ3v) is 9.90. The molecule has 0 aromatic heterocycles. The number of amides is 2. The summed E-state index contributed by atoms with van der Waals surface area (Å²) in [5.74, 6) is 0.515. The standard InChI is InChI=1S/C28H26N4O5S2/c33-26(19-7-10-25-23(11-19)32-27(34)22-3-1-2-4-24(22)39(25,35)36)30-14-21-15-31-28(38-21)18-5-8-20(9-6-18)37-16-17-12-29-13-17/h1-11,15,17,28-29,31H,12-14,16H2,(H,30,33)(H,32,34). The fraction of sp³-hybridized carbons (Fsp3) is 0.214. The number of anilines is 1. The van der Waals surface area contributed by atoms with Crippen molar-refractivity contribution in [2.75, 3.05) is 31.6 Å². The third kappa shape index (κ3) is 5.12. The Bertz CT molecular complexity index is 1580. The molecule has 0 bridgehead atoms. The van der Waals surface area contributed by atoms with E-state index in [2.05, 4.69) is 21.3 Å². The number of nitrogens with one attached hydrogen (secondary N) is 4. The minimum absolute atomic E-state index is 0.0244. The monoisotopic (exact) mass is 562 g/mol. The Morgan fingerprint density at radius 1 is 1.03 bits per heavy atom. The molecule has 200 valence electrons. The van der Waals surface area contributed by atoms with E-state index in [0.717, 1.165) is 29.3 Å². The first-order valence-electron chi connectivity index (χ1n) is 12.5. The average molecular weight is 563 g/mol. The number of carbonyl (C=O) groups is 2. The van der Waals surface area contributed by atoms with Crippen molar-refractivity contribution < 1.29 is 22.7 Å². The second-order valence-electron chi connectivity index (χ2n) is 9.53. The van der Waals surface area contributed by atoms with E-state index in [0.29, 0.717) is 19.1 Å². The van der Waals surface area contributed by atoms with E-state index in [1.54, 1.807) is 23.9 Å². The molecule has 9 nitrogen and oxygen atoms in total. The van der Waals surface area contributed by atoms with Crippen LogP contribution < -0.4 is 26.0 Å². The largest absolute Gasteiger partial charge is 0.493 e. The van der Waals surface area contributed by atoms with Crippen LogP contribution in [0.3, 0.4) is 0 Å². The Morgan fingerprint density at radius 2 is 1.82 bits per heavy atom. The average Bonchev–Trinajstić information content (AvgIpc) is 3.37. The number of sulfone groups is 1. The van der Waals surface area contributed by atoms with Gasteiger partial charge in [0.2, 0.25) is 9.84 Å². The van der Waals surface area contributed by atoms with Crippen molar-refractivity contribution in [3.8, 4) is 5.75 Å². The van der Waals surface area contributed by atoms with Gasteiger partial charge in [0, 0.05) is 35.7 Å². The molecule has 11 heteroatoms. The van der Waals surface area contributed by atoms with Crippen molar-refractivity contribution in [1.29, 1.82) is 0 Å². The zero-order valence-corrected chi connectivity index (χ0v) is 22.4. The number of carbonyl (C=O) groups excluding carboxylic acids is 2. The van der Waals surface area contributed by atoms with Gasteiger partial charge in [-0.15, -0.1) is 0 Å². The molecule has 0 radical (unpaired) electrons. The molecule has 3 aromatic carbocycles. The SMILES string of the molecule is O=C(NCC1=CNC(c2ccc(OCC3CNC3)cc2)S1)c1ccc2c(c1)NC(=O)c1ccccc1S2(=O)=O. The number of thioether (sulfide) groups is 1. The van der Waals surface area contributed by atoms with Crippen molar-refractivity contribution in [1.82, 2.24) is 16.0 Å². The van der Waals surface area contributed by atoms with Crippen molar-refractivity contribution in [3.63, 3.8) is 0 Å². The van der Waals surface area contributed by atoms with Gasteiger partial charge in [0.25, 0.3) is 11.8 Å². The van der Waals surface area contributed by atoms with Gasteiger partial charge in [-0.05, 0) is 48.0 Å². The first-order valence-corrected chi connectivity index (χ1v) is 14.9. The van der Waals surface area contributed by atoms with Crippen molar-refractivity contribution in [2.24, 2.45) is 5.92 Å². The molecular formula is C28H26N4O5S2. The van der Waals surface area contributed by atoms with Gasteiger partial charge in [-0.2, -0.15) is 0 Å². The maximum absolute atomic E-state index is 13.2. The topological polar surface area (TPSA) is 126 Å². The number of hydrogen-bond acceptors (Lipinski definition) is 8. The van der Waals surface area contributed by atoms with Gasteiger partial charge in [0.1, 0.15) is 11.1 Å². The van der Waals surface area contributed by atoms with Crippen LogP contribution in [0, 0.1) is 5.92 Å². The predicted octanol–water partition coefficient (Wildman–Crippen LogP) is 3.29. The van der Waals surface area contributed by atoms with Crippen LogP contribution in [0.5, 0.6) is 5.75 Å². The van der Waals surface area contributed by atoms with Crippen LogP contribution in [-0.2, 0) is 9.84 Å². The summed E-state index contributed by atoms with van der Waals surface area (Å²) in [4.78, 5) is 26.4. The highest BCUT2D eigenvalue weighted by molar-refractivity contribution is 8.03. The molecule has 0 spiro atoms. The van der Waals surface area contributed by atoms with E-state index in [-0.39, 0.29) is 37.9 Å². The van der Waals surface area contributed by atoms with Crippen LogP contribution in [0.4, 0.5) is 5.69 Å². The van der Waals surface area contributed by atoms with E-state index < -0.39 is 15.7 Å². The lowest BCUT2D eigenvalue weighted by atomic mass is 10.1. The molecule has 1 fully saturated rings. The fourth-order valence-electron chi connectivity index (χ4n) is 4.53. The highest BCUT2D eigenvalue weighted by Gasteiger charge is 2.31. The summed E-state index contributed by atoms with van der Waals surface area (Å²) in [5, 5.41) is 12.1. The molecule has 1 saturated heterocycles. The van der Waals surface area contributed by atoms with Crippen LogP contribution >= 0.6 is 11.8 Å². The Hall–Kier alpha value is -3.80. The Balaban J connectivity index is 1.07. The summed E-state index contributed by atoms with van der Waals surface area (Å²) in [7, 11) is -3.93. The van der Waals surface area contributed by atoms with Crippen LogP contribution in [0.2, 0.25) is 0 Å². The van der Waals surface area contributed by atoms with Crippen LogP contribution in [-0.4, -0.2) is 46.5 Å². The molecule has 3 aliphatic heterocycles. The van der Waals surface area contributed by atoms with Gasteiger partial charge in [0.05, 0.1) is 34.2 Å². The summed E-state index contributed by atoms with van der Waals surface area (Å²) in [6.07, 6.45) is 1.88. The van der Waals surface area contributed by atoms with Gasteiger partial charge in [-0.1, -0.05) is 36.0 Å². The molecule has 39 heavy (non-hydrogen) atoms. The molecule has 3 aromatic rings. The summed E-state index contributed by atoms with van der Waals surface area (Å²) in [6.45, 7) is 3.03. The molecule has 0 saturated carbocycles. The van der Waals surface area contributed by atoms with Gasteiger partial charge in [-0.3, -0.25) is 9.59 Å². The molecule has 1 atom stereocenters. The molecule has 3 aliphatic rings. The molecule has 4 N–H and O–H groups in total. The number of rotatable bonds is 7. The lowest BCUT2D eigenvalue weighted by molar-refractivity contribution is 0.0956. The van der Waals surface area contributed by atoms with E-state index in [1.165, 1.54) is 30.3 Å². The lowest BCUT2D eigenvalue weighted by Crippen LogP contribution is -2.45. The van der Waals surface area contributed by atoms with E-state index in [1.807, 2.05) is 30.5 Å². The maximum atomic E-state index is 13.2. The van der Waals surface area contributed by atoms with E-state index in [4.69, 9.17) is 4.74 Å². The summed E-state index contributed by atoms with van der Waals surface area (Å²) < 4.78 is 32.2. The summed E-state index contributed by atoms with van der Waals surface area (Å²) >= 11 is 1.61. The van der Waals surface area contributed by atoms with Crippen molar-refractivity contribution in [2.45, 2.75) is 15.2 Å². The van der Waals surface area contributed by atoms with Crippen LogP contribution in [0.15, 0.2) is 87.6 Å². The number of fused-ring (bicyclic) bond motifs is 2. The number of ether oxygens (including phenoxy) is 1. The molecule has 0 aliphatic carbocycles. The van der Waals surface area contributed by atoms with Gasteiger partial charge in [-0.25, -0.2) is 8.42 Å². The third-order valence-electron chi connectivity index (χ3n) is 6.82. The first kappa shape index (κ1) is 25.5. The Kier molecular flexibility index (Phi) is 6.79. The predicted molar refractivity (Wildman–Crippen MR) is 148 cm³/mol. The van der Waals surface area contributed by atoms with Crippen molar-refractivity contribution >= 4 is 39.1 Å². The second kappa shape index (κ2) is 10.4. The zero-order valence-electron chi connectivity index (χ0n) is 20.8. The minimum Gasteiger partial charge on any atom is -0.493 e. The summed E-state index contributed by atoms with van der Waals surface area (Å²) in [6, 6.07) is 18.3.